The van der Waals surface area contributed by atoms with Crippen LogP contribution in [0.15, 0.2) is 29.0 Å². The first-order valence-electron chi connectivity index (χ1n) is 6.40. The highest BCUT2D eigenvalue weighted by Crippen LogP contribution is 2.18. The van der Waals surface area contributed by atoms with E-state index in [-0.39, 0.29) is 5.91 Å². The molecule has 0 saturated heterocycles. The van der Waals surface area contributed by atoms with Crippen LogP contribution in [-0.4, -0.2) is 15.5 Å². The predicted molar refractivity (Wildman–Crippen MR) is 83.8 cm³/mol. The highest BCUT2D eigenvalue weighted by atomic mass is 79.9. The highest BCUT2D eigenvalue weighted by Gasteiger charge is 2.13. The number of amides is 1. The topological polar surface area (TPSA) is 72.9 Å². The van der Waals surface area contributed by atoms with Crippen LogP contribution in [0.1, 0.15) is 29.4 Å². The number of rotatable bonds is 4. The van der Waals surface area contributed by atoms with E-state index in [4.69, 9.17) is 5.73 Å². The average Bonchev–Trinajstić information content (AvgIpc) is 2.75. The minimum Gasteiger partial charge on any atom is -0.397 e. The van der Waals surface area contributed by atoms with Crippen LogP contribution in [0.5, 0.6) is 0 Å². The molecule has 0 fully saturated rings. The maximum atomic E-state index is 12.3. The van der Waals surface area contributed by atoms with Crippen molar-refractivity contribution >= 4 is 33.3 Å². The number of carbonyl (C=O) groups is 1. The van der Waals surface area contributed by atoms with E-state index in [2.05, 4.69) is 33.2 Å². The number of aryl methyl sites for hydroxylation is 2. The molecule has 2 rings (SSSR count). The summed E-state index contributed by atoms with van der Waals surface area (Å²) in [7, 11) is 0. The lowest BCUT2D eigenvalue weighted by Gasteiger charge is -2.09. The number of nitrogen functional groups attached to an aromatic ring is 1. The van der Waals surface area contributed by atoms with E-state index in [9.17, 15) is 4.79 Å². The molecular formula is C14H17BrN4O. The lowest BCUT2D eigenvalue weighted by atomic mass is 10.3. The number of hydrogen-bond donors (Lipinski definition) is 2. The minimum absolute atomic E-state index is 0.204. The maximum Gasteiger partial charge on any atom is 0.273 e. The Morgan fingerprint density at radius 1 is 1.50 bits per heavy atom. The zero-order valence-electron chi connectivity index (χ0n) is 11.5. The van der Waals surface area contributed by atoms with Gasteiger partial charge in [0.15, 0.2) is 0 Å². The summed E-state index contributed by atoms with van der Waals surface area (Å²) in [5.74, 6) is 0.322. The SMILES string of the molecule is CCCn1cc(N)cc1C(=O)Nc1cc(C)c(Br)cn1. The molecule has 0 aliphatic rings. The second-order valence-corrected chi connectivity index (χ2v) is 5.48. The zero-order chi connectivity index (χ0) is 14.7. The summed E-state index contributed by atoms with van der Waals surface area (Å²) >= 11 is 3.38. The van der Waals surface area contributed by atoms with Gasteiger partial charge in [0.25, 0.3) is 5.91 Å². The van der Waals surface area contributed by atoms with E-state index in [1.165, 1.54) is 0 Å². The number of aromatic nitrogens is 2. The summed E-state index contributed by atoms with van der Waals surface area (Å²) in [6, 6.07) is 3.50. The summed E-state index contributed by atoms with van der Waals surface area (Å²) in [4.78, 5) is 16.4. The van der Waals surface area contributed by atoms with Crippen molar-refractivity contribution in [3.8, 4) is 0 Å². The fourth-order valence-electron chi connectivity index (χ4n) is 1.94. The molecule has 3 N–H and O–H groups in total. The van der Waals surface area contributed by atoms with E-state index >= 15 is 0 Å². The highest BCUT2D eigenvalue weighted by molar-refractivity contribution is 9.10. The Kier molecular flexibility index (Phi) is 4.44. The molecule has 5 nitrogen and oxygen atoms in total. The number of carbonyl (C=O) groups excluding carboxylic acids is 1. The standard InChI is InChI=1S/C14H17BrN4O/c1-3-4-19-8-10(16)6-12(19)14(20)18-13-5-9(2)11(15)7-17-13/h5-8H,3-4,16H2,1-2H3,(H,17,18,20). The minimum atomic E-state index is -0.204. The number of pyridine rings is 1. The van der Waals surface area contributed by atoms with Gasteiger partial charge in [0.05, 0.1) is 5.69 Å². The van der Waals surface area contributed by atoms with Crippen molar-refractivity contribution in [1.29, 1.82) is 0 Å². The van der Waals surface area contributed by atoms with Crippen LogP contribution in [0.3, 0.4) is 0 Å². The third kappa shape index (κ3) is 3.19. The Morgan fingerprint density at radius 3 is 2.90 bits per heavy atom. The lowest BCUT2D eigenvalue weighted by molar-refractivity contribution is 0.101. The first-order valence-corrected chi connectivity index (χ1v) is 7.19. The van der Waals surface area contributed by atoms with E-state index in [0.29, 0.717) is 17.2 Å². The van der Waals surface area contributed by atoms with Crippen molar-refractivity contribution in [3.63, 3.8) is 0 Å². The molecule has 0 unspecified atom stereocenters. The van der Waals surface area contributed by atoms with Crippen molar-refractivity contribution in [2.45, 2.75) is 26.8 Å². The van der Waals surface area contributed by atoms with Gasteiger partial charge in [-0.3, -0.25) is 4.79 Å². The summed E-state index contributed by atoms with van der Waals surface area (Å²) < 4.78 is 2.77. The van der Waals surface area contributed by atoms with Crippen LogP contribution in [-0.2, 0) is 6.54 Å². The molecule has 2 heterocycles. The Bertz CT molecular complexity index is 636. The average molecular weight is 337 g/mol. The number of anilines is 2. The van der Waals surface area contributed by atoms with Crippen molar-refractivity contribution in [3.05, 3.63) is 40.3 Å². The molecule has 0 aliphatic carbocycles. The van der Waals surface area contributed by atoms with Gasteiger partial charge in [-0.1, -0.05) is 6.92 Å². The van der Waals surface area contributed by atoms with Crippen LogP contribution in [0, 0.1) is 6.92 Å². The van der Waals surface area contributed by atoms with E-state index in [1.54, 1.807) is 18.5 Å². The molecule has 20 heavy (non-hydrogen) atoms. The fraction of sp³-hybridized carbons (Fsp3) is 0.286. The first-order chi connectivity index (χ1) is 9.51. The molecule has 0 atom stereocenters. The fourth-order valence-corrected chi connectivity index (χ4v) is 2.15. The lowest BCUT2D eigenvalue weighted by Crippen LogP contribution is -2.17. The smallest absolute Gasteiger partial charge is 0.273 e. The molecule has 0 saturated carbocycles. The molecule has 0 radical (unpaired) electrons. The number of nitrogens with two attached hydrogens (primary N) is 1. The molecular weight excluding hydrogens is 320 g/mol. The van der Waals surface area contributed by atoms with Crippen molar-refractivity contribution in [1.82, 2.24) is 9.55 Å². The van der Waals surface area contributed by atoms with Crippen LogP contribution < -0.4 is 11.1 Å². The summed E-state index contributed by atoms with van der Waals surface area (Å²) in [5.41, 5.74) is 7.91. The zero-order valence-corrected chi connectivity index (χ0v) is 13.1. The van der Waals surface area contributed by atoms with Gasteiger partial charge < -0.3 is 15.6 Å². The normalized spacial score (nSPS) is 10.6. The molecule has 0 aliphatic heterocycles. The molecule has 2 aromatic heterocycles. The van der Waals surface area contributed by atoms with Gasteiger partial charge in [-0.25, -0.2) is 4.98 Å². The van der Waals surface area contributed by atoms with Crippen LogP contribution >= 0.6 is 15.9 Å². The van der Waals surface area contributed by atoms with Crippen molar-refractivity contribution < 1.29 is 4.79 Å². The Hall–Kier alpha value is -1.82. The maximum absolute atomic E-state index is 12.3. The molecule has 0 aromatic carbocycles. The number of halogens is 1. The molecule has 6 heteroatoms. The van der Waals surface area contributed by atoms with Crippen LogP contribution in [0.4, 0.5) is 11.5 Å². The van der Waals surface area contributed by atoms with Crippen molar-refractivity contribution in [2.24, 2.45) is 0 Å². The second-order valence-electron chi connectivity index (χ2n) is 4.62. The van der Waals surface area contributed by atoms with E-state index < -0.39 is 0 Å². The van der Waals surface area contributed by atoms with E-state index in [1.807, 2.05) is 17.6 Å². The van der Waals surface area contributed by atoms with Crippen LogP contribution in [0.25, 0.3) is 0 Å². The van der Waals surface area contributed by atoms with Gasteiger partial charge in [0, 0.05) is 23.4 Å². The molecule has 0 spiro atoms. The Morgan fingerprint density at radius 2 is 2.25 bits per heavy atom. The first kappa shape index (κ1) is 14.6. The van der Waals surface area contributed by atoms with Crippen molar-refractivity contribution in [2.75, 3.05) is 11.1 Å². The van der Waals surface area contributed by atoms with Gasteiger partial charge in [-0.05, 0) is 47.0 Å². The summed E-state index contributed by atoms with van der Waals surface area (Å²) in [6.45, 7) is 4.75. The van der Waals surface area contributed by atoms with Crippen LogP contribution in [0.2, 0.25) is 0 Å². The Balaban J connectivity index is 2.21. The number of hydrogen-bond acceptors (Lipinski definition) is 3. The van der Waals surface area contributed by atoms with Gasteiger partial charge in [0.2, 0.25) is 0 Å². The molecule has 0 bridgehead atoms. The van der Waals surface area contributed by atoms with Gasteiger partial charge in [-0.2, -0.15) is 0 Å². The molecule has 106 valence electrons. The third-order valence-electron chi connectivity index (χ3n) is 2.90. The number of nitrogens with one attached hydrogen (secondary N) is 1. The molecule has 2 aromatic rings. The van der Waals surface area contributed by atoms with E-state index in [0.717, 1.165) is 23.0 Å². The second kappa shape index (κ2) is 6.09. The van der Waals surface area contributed by atoms with Gasteiger partial charge in [-0.15, -0.1) is 0 Å². The predicted octanol–water partition coefficient (Wildman–Crippen LogP) is 3.20. The number of nitrogens with zero attached hydrogens (tertiary/aromatic N) is 2. The van der Waals surface area contributed by atoms with Gasteiger partial charge >= 0.3 is 0 Å². The summed E-state index contributed by atoms with van der Waals surface area (Å²) in [6.07, 6.45) is 4.38. The third-order valence-corrected chi connectivity index (χ3v) is 3.73. The largest absolute Gasteiger partial charge is 0.397 e. The Labute approximate surface area is 126 Å². The van der Waals surface area contributed by atoms with Gasteiger partial charge in [0.1, 0.15) is 11.5 Å². The summed E-state index contributed by atoms with van der Waals surface area (Å²) in [5, 5.41) is 2.79. The quantitative estimate of drug-likeness (QED) is 0.900. The monoisotopic (exact) mass is 336 g/mol. The molecule has 1 amide bonds.